The third-order valence-electron chi connectivity index (χ3n) is 8.16. The molecule has 0 radical (unpaired) electrons. The van der Waals surface area contributed by atoms with Gasteiger partial charge in [0.1, 0.15) is 23.7 Å². The molecule has 0 saturated carbocycles. The lowest BCUT2D eigenvalue weighted by Gasteiger charge is -2.42. The second kappa shape index (κ2) is 10.5. The summed E-state index contributed by atoms with van der Waals surface area (Å²) in [4.78, 5) is 30.8. The number of fused-ring (bicyclic) bond motifs is 2. The molecule has 3 aromatic rings. The number of ether oxygens (including phenoxy) is 2. The standard InChI is InChI=1S/C30H36N2O5/c1-21-24-12-11-23(35-3)20-26(24)37-27(21)28(33)32-16-14-30(15-17-32)13-7-6-9-22-8-4-5-10-25(22)36-19-18-31(2)29(30)34/h4-5,8,10-12,20H,6-7,9,13-19H2,1-3H3. The van der Waals surface area contributed by atoms with Gasteiger partial charge in [-0.05, 0) is 62.8 Å². The lowest BCUT2D eigenvalue weighted by Crippen LogP contribution is -2.51. The lowest BCUT2D eigenvalue weighted by molar-refractivity contribution is -0.144. The van der Waals surface area contributed by atoms with Crippen LogP contribution in [0.3, 0.4) is 0 Å². The van der Waals surface area contributed by atoms with E-state index in [1.165, 1.54) is 5.56 Å². The summed E-state index contributed by atoms with van der Waals surface area (Å²) in [6, 6.07) is 13.8. The summed E-state index contributed by atoms with van der Waals surface area (Å²) >= 11 is 0. The van der Waals surface area contributed by atoms with Crippen molar-refractivity contribution in [2.45, 2.75) is 45.4 Å². The second-order valence-corrected chi connectivity index (χ2v) is 10.4. The van der Waals surface area contributed by atoms with Gasteiger partial charge in [0, 0.05) is 37.2 Å². The molecular formula is C30H36N2O5. The number of hydrogen-bond acceptors (Lipinski definition) is 5. The first-order valence-electron chi connectivity index (χ1n) is 13.2. The first-order chi connectivity index (χ1) is 17.9. The largest absolute Gasteiger partial charge is 0.497 e. The van der Waals surface area contributed by atoms with Gasteiger partial charge in [-0.3, -0.25) is 9.59 Å². The van der Waals surface area contributed by atoms with Crippen molar-refractivity contribution in [1.29, 1.82) is 0 Å². The van der Waals surface area contributed by atoms with Gasteiger partial charge < -0.3 is 23.7 Å². The molecule has 1 saturated heterocycles. The Morgan fingerprint density at radius 1 is 1.03 bits per heavy atom. The number of rotatable bonds is 2. The van der Waals surface area contributed by atoms with Crippen LogP contribution in [0.2, 0.25) is 0 Å². The minimum absolute atomic E-state index is 0.110. The number of nitrogens with zero attached hydrogens (tertiary/aromatic N) is 2. The molecule has 3 heterocycles. The summed E-state index contributed by atoms with van der Waals surface area (Å²) in [6.07, 6.45) is 5.07. The number of hydrogen-bond donors (Lipinski definition) is 0. The van der Waals surface area contributed by atoms with Crippen molar-refractivity contribution < 1.29 is 23.5 Å². The number of methoxy groups -OCH3 is 1. The minimum atomic E-state index is -0.444. The highest BCUT2D eigenvalue weighted by Crippen LogP contribution is 2.40. The lowest BCUT2D eigenvalue weighted by atomic mass is 9.73. The molecule has 5 rings (SSSR count). The molecular weight excluding hydrogens is 468 g/mol. The molecule has 7 nitrogen and oxygen atoms in total. The molecule has 196 valence electrons. The monoisotopic (exact) mass is 504 g/mol. The van der Waals surface area contributed by atoms with Crippen LogP contribution >= 0.6 is 0 Å². The fraction of sp³-hybridized carbons (Fsp3) is 0.467. The first kappa shape index (κ1) is 25.2. The summed E-state index contributed by atoms with van der Waals surface area (Å²) in [5.41, 5.74) is 2.27. The number of carbonyl (C=O) groups excluding carboxylic acids is 2. The van der Waals surface area contributed by atoms with Crippen LogP contribution in [0.5, 0.6) is 11.5 Å². The number of likely N-dealkylation sites (N-methyl/N-ethyl adjacent to an activating group) is 1. The van der Waals surface area contributed by atoms with Gasteiger partial charge in [-0.1, -0.05) is 24.6 Å². The molecule has 0 bridgehead atoms. The van der Waals surface area contributed by atoms with E-state index in [0.29, 0.717) is 56.2 Å². The Balaban J connectivity index is 1.30. The number of amides is 2. The zero-order valence-electron chi connectivity index (χ0n) is 22.0. The van der Waals surface area contributed by atoms with Crippen LogP contribution in [-0.2, 0) is 11.2 Å². The van der Waals surface area contributed by atoms with Crippen LogP contribution in [0.4, 0.5) is 0 Å². The quantitative estimate of drug-likeness (QED) is 0.478. The van der Waals surface area contributed by atoms with Crippen LogP contribution in [0.15, 0.2) is 46.9 Å². The molecule has 0 N–H and O–H groups in total. The highest BCUT2D eigenvalue weighted by molar-refractivity contribution is 5.99. The van der Waals surface area contributed by atoms with Crippen molar-refractivity contribution in [3.05, 3.63) is 59.4 Å². The van der Waals surface area contributed by atoms with Crippen molar-refractivity contribution in [2.75, 3.05) is 40.4 Å². The molecule has 0 aliphatic carbocycles. The molecule has 37 heavy (non-hydrogen) atoms. The number of carbonyl (C=O) groups is 2. The highest BCUT2D eigenvalue weighted by atomic mass is 16.5. The number of likely N-dealkylation sites (tertiary alicyclic amines) is 1. The highest BCUT2D eigenvalue weighted by Gasteiger charge is 2.43. The van der Waals surface area contributed by atoms with Crippen molar-refractivity contribution in [1.82, 2.24) is 9.80 Å². The van der Waals surface area contributed by atoms with Gasteiger partial charge in [-0.2, -0.15) is 0 Å². The number of furan rings is 1. The fourth-order valence-corrected chi connectivity index (χ4v) is 5.82. The molecule has 1 fully saturated rings. The van der Waals surface area contributed by atoms with Crippen molar-refractivity contribution >= 4 is 22.8 Å². The third-order valence-corrected chi connectivity index (χ3v) is 8.16. The van der Waals surface area contributed by atoms with E-state index in [1.807, 2.05) is 54.1 Å². The van der Waals surface area contributed by atoms with E-state index in [2.05, 4.69) is 12.1 Å². The Kier molecular flexibility index (Phi) is 7.13. The van der Waals surface area contributed by atoms with Crippen molar-refractivity contribution in [3.8, 4) is 11.5 Å². The fourth-order valence-electron chi connectivity index (χ4n) is 5.82. The van der Waals surface area contributed by atoms with Gasteiger partial charge in [0.25, 0.3) is 5.91 Å². The smallest absolute Gasteiger partial charge is 0.289 e. The van der Waals surface area contributed by atoms with Gasteiger partial charge in [-0.25, -0.2) is 0 Å². The van der Waals surface area contributed by atoms with E-state index in [-0.39, 0.29) is 11.8 Å². The average Bonchev–Trinajstić information content (AvgIpc) is 3.26. The molecule has 7 heteroatoms. The molecule has 2 aliphatic rings. The summed E-state index contributed by atoms with van der Waals surface area (Å²) in [5, 5.41) is 0.914. The normalized spacial score (nSPS) is 18.6. The molecule has 2 amide bonds. The topological polar surface area (TPSA) is 72.2 Å². The van der Waals surface area contributed by atoms with E-state index in [0.717, 1.165) is 42.4 Å². The minimum Gasteiger partial charge on any atom is -0.497 e. The molecule has 2 aromatic carbocycles. The van der Waals surface area contributed by atoms with Crippen LogP contribution in [0.1, 0.15) is 53.8 Å². The van der Waals surface area contributed by atoms with E-state index < -0.39 is 5.41 Å². The Labute approximate surface area is 218 Å². The van der Waals surface area contributed by atoms with Crippen LogP contribution < -0.4 is 9.47 Å². The zero-order chi connectivity index (χ0) is 26.0. The Bertz CT molecular complexity index is 1290. The van der Waals surface area contributed by atoms with Gasteiger partial charge >= 0.3 is 0 Å². The predicted molar refractivity (Wildman–Crippen MR) is 142 cm³/mol. The molecule has 1 spiro atoms. The maximum absolute atomic E-state index is 13.7. The number of benzene rings is 2. The van der Waals surface area contributed by atoms with E-state index >= 15 is 0 Å². The molecule has 2 aliphatic heterocycles. The van der Waals surface area contributed by atoms with Gasteiger partial charge in [0.05, 0.1) is 19.1 Å². The van der Waals surface area contributed by atoms with Gasteiger partial charge in [-0.15, -0.1) is 0 Å². The number of para-hydroxylation sites is 1. The summed E-state index contributed by atoms with van der Waals surface area (Å²) in [6.45, 7) is 4.01. The third kappa shape index (κ3) is 4.91. The second-order valence-electron chi connectivity index (χ2n) is 10.4. The van der Waals surface area contributed by atoms with Crippen molar-refractivity contribution in [3.63, 3.8) is 0 Å². The Hall–Kier alpha value is -3.48. The Morgan fingerprint density at radius 3 is 2.59 bits per heavy atom. The number of aryl methyl sites for hydroxylation is 2. The molecule has 0 atom stereocenters. The number of piperidine rings is 1. The summed E-state index contributed by atoms with van der Waals surface area (Å²) in [5.74, 6) is 2.05. The van der Waals surface area contributed by atoms with Gasteiger partial charge in [0.2, 0.25) is 5.91 Å². The van der Waals surface area contributed by atoms with Gasteiger partial charge in [0.15, 0.2) is 5.76 Å². The SMILES string of the molecule is COc1ccc2c(C)c(C(=O)N3CCC4(CCCCc5ccccc5OCCN(C)C4=O)CC3)oc2c1. The predicted octanol–water partition coefficient (Wildman–Crippen LogP) is 5.24. The van der Waals surface area contributed by atoms with Crippen LogP contribution in [-0.4, -0.2) is 62.0 Å². The zero-order valence-corrected chi connectivity index (χ0v) is 22.0. The van der Waals surface area contributed by atoms with E-state index in [4.69, 9.17) is 13.9 Å². The Morgan fingerprint density at radius 2 is 1.81 bits per heavy atom. The summed E-state index contributed by atoms with van der Waals surface area (Å²) < 4.78 is 17.3. The maximum Gasteiger partial charge on any atom is 0.289 e. The van der Waals surface area contributed by atoms with E-state index in [9.17, 15) is 9.59 Å². The molecule has 1 aromatic heterocycles. The van der Waals surface area contributed by atoms with Crippen LogP contribution in [0, 0.1) is 12.3 Å². The average molecular weight is 505 g/mol. The maximum atomic E-state index is 13.7. The van der Waals surface area contributed by atoms with Crippen LogP contribution in [0.25, 0.3) is 11.0 Å². The first-order valence-corrected chi connectivity index (χ1v) is 13.2. The van der Waals surface area contributed by atoms with Crippen molar-refractivity contribution in [2.24, 2.45) is 5.41 Å². The molecule has 0 unspecified atom stereocenters. The summed E-state index contributed by atoms with van der Waals surface area (Å²) in [7, 11) is 3.48. The van der Waals surface area contributed by atoms with E-state index in [1.54, 1.807) is 7.11 Å².